The molecular formula is C18H12N4O. The molecule has 5 nitrogen and oxygen atoms in total. The van der Waals surface area contributed by atoms with Gasteiger partial charge in [0.25, 0.3) is 0 Å². The number of pyridine rings is 2. The van der Waals surface area contributed by atoms with Crippen LogP contribution in [0.4, 0.5) is 0 Å². The van der Waals surface area contributed by atoms with E-state index in [0.717, 1.165) is 27.7 Å². The molecule has 0 atom stereocenters. The van der Waals surface area contributed by atoms with Crippen LogP contribution in [0.3, 0.4) is 0 Å². The van der Waals surface area contributed by atoms with Crippen molar-refractivity contribution < 1.29 is 5.11 Å². The van der Waals surface area contributed by atoms with Gasteiger partial charge in [-0.1, -0.05) is 6.07 Å². The maximum absolute atomic E-state index is 9.38. The quantitative estimate of drug-likeness (QED) is 0.614. The van der Waals surface area contributed by atoms with Gasteiger partial charge in [0.05, 0.1) is 11.7 Å². The SMILES string of the molecule is Oc1ccc(-c2ncc3ncc(-c4cccnc4)cc3n2)cc1. The minimum Gasteiger partial charge on any atom is -0.508 e. The van der Waals surface area contributed by atoms with Gasteiger partial charge in [0.15, 0.2) is 5.82 Å². The lowest BCUT2D eigenvalue weighted by molar-refractivity contribution is 0.475. The molecule has 0 aliphatic rings. The number of nitrogens with zero attached hydrogens (tertiary/aromatic N) is 4. The molecule has 110 valence electrons. The molecule has 1 aromatic carbocycles. The van der Waals surface area contributed by atoms with Crippen molar-refractivity contribution in [3.8, 4) is 28.3 Å². The van der Waals surface area contributed by atoms with Gasteiger partial charge < -0.3 is 5.11 Å². The second-order valence-electron chi connectivity index (χ2n) is 5.11. The van der Waals surface area contributed by atoms with Gasteiger partial charge in [-0.25, -0.2) is 9.97 Å². The molecule has 0 fully saturated rings. The lowest BCUT2D eigenvalue weighted by Crippen LogP contribution is -1.92. The van der Waals surface area contributed by atoms with Gasteiger partial charge in [0.2, 0.25) is 0 Å². The van der Waals surface area contributed by atoms with Gasteiger partial charge in [-0.05, 0) is 36.4 Å². The molecule has 3 aromatic heterocycles. The van der Waals surface area contributed by atoms with E-state index >= 15 is 0 Å². The van der Waals surface area contributed by atoms with Gasteiger partial charge in [-0.3, -0.25) is 9.97 Å². The first-order chi connectivity index (χ1) is 11.3. The highest BCUT2D eigenvalue weighted by atomic mass is 16.3. The van der Waals surface area contributed by atoms with Gasteiger partial charge in [-0.2, -0.15) is 0 Å². The molecule has 0 bridgehead atoms. The van der Waals surface area contributed by atoms with Crippen molar-refractivity contribution in [3.63, 3.8) is 0 Å². The highest BCUT2D eigenvalue weighted by Crippen LogP contribution is 2.23. The van der Waals surface area contributed by atoms with E-state index in [2.05, 4.69) is 19.9 Å². The summed E-state index contributed by atoms with van der Waals surface area (Å²) in [6.07, 6.45) is 7.04. The molecule has 0 unspecified atom stereocenters. The molecule has 4 rings (SSSR count). The van der Waals surface area contributed by atoms with Gasteiger partial charge in [0.1, 0.15) is 11.3 Å². The van der Waals surface area contributed by atoms with E-state index in [4.69, 9.17) is 0 Å². The summed E-state index contributed by atoms with van der Waals surface area (Å²) >= 11 is 0. The molecule has 0 aliphatic carbocycles. The Bertz CT molecular complexity index is 969. The zero-order chi connectivity index (χ0) is 15.6. The summed E-state index contributed by atoms with van der Waals surface area (Å²) in [5, 5.41) is 9.38. The van der Waals surface area contributed by atoms with Gasteiger partial charge in [-0.15, -0.1) is 0 Å². The Morgan fingerprint density at radius 2 is 1.61 bits per heavy atom. The molecule has 1 N–H and O–H groups in total. The summed E-state index contributed by atoms with van der Waals surface area (Å²) in [7, 11) is 0. The summed E-state index contributed by atoms with van der Waals surface area (Å²) in [6, 6.07) is 12.7. The second-order valence-corrected chi connectivity index (χ2v) is 5.11. The molecule has 4 aromatic rings. The average Bonchev–Trinajstić information content (AvgIpc) is 2.62. The number of hydrogen-bond acceptors (Lipinski definition) is 5. The number of aromatic hydroxyl groups is 1. The van der Waals surface area contributed by atoms with E-state index in [1.54, 1.807) is 49.1 Å². The Morgan fingerprint density at radius 3 is 2.39 bits per heavy atom. The third-order valence-corrected chi connectivity index (χ3v) is 3.55. The predicted molar refractivity (Wildman–Crippen MR) is 87.7 cm³/mol. The Kier molecular flexibility index (Phi) is 3.16. The molecule has 3 heterocycles. The van der Waals surface area contributed by atoms with Crippen LogP contribution in [0.2, 0.25) is 0 Å². The Balaban J connectivity index is 1.82. The van der Waals surface area contributed by atoms with Crippen LogP contribution in [-0.4, -0.2) is 25.0 Å². The molecular weight excluding hydrogens is 288 g/mol. The highest BCUT2D eigenvalue weighted by molar-refractivity contribution is 5.80. The van der Waals surface area contributed by atoms with Crippen LogP contribution in [0.25, 0.3) is 33.5 Å². The fraction of sp³-hybridized carbons (Fsp3) is 0. The van der Waals surface area contributed by atoms with Crippen molar-refractivity contribution in [2.75, 3.05) is 0 Å². The summed E-state index contributed by atoms with van der Waals surface area (Å²) in [4.78, 5) is 17.5. The van der Waals surface area contributed by atoms with E-state index in [9.17, 15) is 5.11 Å². The first-order valence-electron chi connectivity index (χ1n) is 7.12. The van der Waals surface area contributed by atoms with Crippen LogP contribution in [0.15, 0.2) is 67.3 Å². The van der Waals surface area contributed by atoms with E-state index < -0.39 is 0 Å². The maximum atomic E-state index is 9.38. The van der Waals surface area contributed by atoms with E-state index in [0.29, 0.717) is 5.82 Å². The molecule has 23 heavy (non-hydrogen) atoms. The molecule has 5 heteroatoms. The Morgan fingerprint density at radius 1 is 0.739 bits per heavy atom. The molecule has 0 aliphatic heterocycles. The fourth-order valence-electron chi connectivity index (χ4n) is 2.36. The Hall–Kier alpha value is -3.34. The average molecular weight is 300 g/mol. The lowest BCUT2D eigenvalue weighted by atomic mass is 10.1. The maximum Gasteiger partial charge on any atom is 0.159 e. The summed E-state index contributed by atoms with van der Waals surface area (Å²) in [5.74, 6) is 0.817. The van der Waals surface area contributed by atoms with Crippen molar-refractivity contribution in [1.82, 2.24) is 19.9 Å². The molecule has 0 saturated heterocycles. The van der Waals surface area contributed by atoms with Crippen molar-refractivity contribution >= 4 is 11.0 Å². The van der Waals surface area contributed by atoms with Crippen LogP contribution in [0.5, 0.6) is 5.75 Å². The van der Waals surface area contributed by atoms with E-state index in [-0.39, 0.29) is 5.75 Å². The first kappa shape index (κ1) is 13.3. The van der Waals surface area contributed by atoms with Gasteiger partial charge in [0, 0.05) is 35.3 Å². The molecule has 0 radical (unpaired) electrons. The third-order valence-electron chi connectivity index (χ3n) is 3.55. The number of hydrogen-bond donors (Lipinski definition) is 1. The Labute approximate surface area is 132 Å². The smallest absolute Gasteiger partial charge is 0.159 e. The van der Waals surface area contributed by atoms with Crippen LogP contribution < -0.4 is 0 Å². The number of phenols is 1. The monoisotopic (exact) mass is 300 g/mol. The number of benzene rings is 1. The minimum absolute atomic E-state index is 0.218. The highest BCUT2D eigenvalue weighted by Gasteiger charge is 2.06. The van der Waals surface area contributed by atoms with Gasteiger partial charge >= 0.3 is 0 Å². The molecule has 0 spiro atoms. The van der Waals surface area contributed by atoms with Crippen LogP contribution in [0, 0.1) is 0 Å². The topological polar surface area (TPSA) is 71.8 Å². The molecule has 0 amide bonds. The number of fused-ring (bicyclic) bond motifs is 1. The number of phenolic OH excluding ortho intramolecular Hbond substituents is 1. The second kappa shape index (κ2) is 5.46. The summed E-state index contributed by atoms with van der Waals surface area (Å²) < 4.78 is 0. The lowest BCUT2D eigenvalue weighted by Gasteiger charge is -2.05. The van der Waals surface area contributed by atoms with Crippen molar-refractivity contribution in [1.29, 1.82) is 0 Å². The third kappa shape index (κ3) is 2.60. The normalized spacial score (nSPS) is 10.8. The molecule has 0 saturated carbocycles. The number of rotatable bonds is 2. The van der Waals surface area contributed by atoms with Crippen LogP contribution >= 0.6 is 0 Å². The number of aromatic nitrogens is 4. The van der Waals surface area contributed by atoms with Crippen molar-refractivity contribution in [2.45, 2.75) is 0 Å². The van der Waals surface area contributed by atoms with Crippen molar-refractivity contribution in [3.05, 3.63) is 67.3 Å². The summed E-state index contributed by atoms with van der Waals surface area (Å²) in [6.45, 7) is 0. The zero-order valence-corrected chi connectivity index (χ0v) is 12.1. The van der Waals surface area contributed by atoms with E-state index in [1.807, 2.05) is 18.2 Å². The summed E-state index contributed by atoms with van der Waals surface area (Å²) in [5.41, 5.74) is 4.30. The van der Waals surface area contributed by atoms with E-state index in [1.165, 1.54) is 0 Å². The first-order valence-corrected chi connectivity index (χ1v) is 7.12. The zero-order valence-electron chi connectivity index (χ0n) is 12.1. The predicted octanol–water partition coefficient (Wildman–Crippen LogP) is 3.46. The minimum atomic E-state index is 0.218. The van der Waals surface area contributed by atoms with Crippen molar-refractivity contribution in [2.24, 2.45) is 0 Å². The largest absolute Gasteiger partial charge is 0.508 e. The standard InChI is InChI=1S/C18H12N4O/c23-15-5-3-12(4-6-15)18-21-11-17-16(22-18)8-14(10-20-17)13-2-1-7-19-9-13/h1-11,23H. The van der Waals surface area contributed by atoms with Crippen LogP contribution in [0.1, 0.15) is 0 Å². The van der Waals surface area contributed by atoms with Crippen LogP contribution in [-0.2, 0) is 0 Å². The fourth-order valence-corrected chi connectivity index (χ4v) is 2.36.